The van der Waals surface area contributed by atoms with Gasteiger partial charge in [0.05, 0.1) is 25.9 Å². The van der Waals surface area contributed by atoms with Crippen LogP contribution >= 0.6 is 0 Å². The van der Waals surface area contributed by atoms with Gasteiger partial charge in [-0.2, -0.15) is 0 Å². The van der Waals surface area contributed by atoms with Crippen molar-refractivity contribution in [1.82, 2.24) is 0 Å². The van der Waals surface area contributed by atoms with E-state index in [1.807, 2.05) is 24.3 Å². The first-order valence-corrected chi connectivity index (χ1v) is 13.3. The topological polar surface area (TPSA) is 57.9 Å². The van der Waals surface area contributed by atoms with Crippen LogP contribution < -0.4 is 9.47 Å². The minimum atomic E-state index is -2.84. The van der Waals surface area contributed by atoms with Gasteiger partial charge in [0.15, 0.2) is 0 Å². The maximum Gasteiger partial charge on any atom is 0.333 e. The molecular weight excluding hydrogens is 490 g/mol. The summed E-state index contributed by atoms with van der Waals surface area (Å²) in [7, 11) is 1.66. The van der Waals surface area contributed by atoms with Crippen LogP contribution in [-0.2, 0) is 16.0 Å². The van der Waals surface area contributed by atoms with Gasteiger partial charge in [-0.1, -0.05) is 32.4 Å². The molecule has 0 fully saturated rings. The Morgan fingerprint density at radius 3 is 2.47 bits per heavy atom. The van der Waals surface area contributed by atoms with Gasteiger partial charge < -0.3 is 18.6 Å². The molecule has 0 N–H and O–H groups in total. The van der Waals surface area contributed by atoms with Crippen LogP contribution in [0.1, 0.15) is 64.4 Å². The largest absolute Gasteiger partial charge is 0.496 e. The Balaban J connectivity index is 1.52. The quantitative estimate of drug-likeness (QED) is 0.106. The van der Waals surface area contributed by atoms with Gasteiger partial charge in [0.2, 0.25) is 5.92 Å². The Hall–Kier alpha value is -3.35. The molecule has 38 heavy (non-hydrogen) atoms. The molecule has 3 rings (SSSR count). The zero-order valence-corrected chi connectivity index (χ0v) is 22.6. The lowest BCUT2D eigenvalue weighted by atomic mass is 10.0. The Morgan fingerprint density at radius 2 is 1.76 bits per heavy atom. The Kier molecular flexibility index (Phi) is 10.7. The number of furan rings is 1. The number of unbranched alkanes of at least 4 members (excludes halogenated alkanes) is 2. The molecule has 0 amide bonds. The molecule has 206 valence electrons. The van der Waals surface area contributed by atoms with E-state index in [4.69, 9.17) is 18.6 Å². The van der Waals surface area contributed by atoms with Gasteiger partial charge in [-0.3, -0.25) is 0 Å². The van der Waals surface area contributed by atoms with Gasteiger partial charge in [0.25, 0.3) is 0 Å². The Labute approximate surface area is 223 Å². The number of fused-ring (bicyclic) bond motifs is 1. The van der Waals surface area contributed by atoms with Gasteiger partial charge in [-0.15, -0.1) is 0 Å². The molecule has 0 bridgehead atoms. The maximum absolute atomic E-state index is 14.1. The van der Waals surface area contributed by atoms with E-state index in [0.29, 0.717) is 17.1 Å². The number of halogens is 2. The predicted octanol–water partition coefficient (Wildman–Crippen LogP) is 8.53. The lowest BCUT2D eigenvalue weighted by Crippen LogP contribution is -2.18. The van der Waals surface area contributed by atoms with E-state index >= 15 is 0 Å². The van der Waals surface area contributed by atoms with E-state index in [0.717, 1.165) is 29.5 Å². The number of alkyl halides is 2. The first kappa shape index (κ1) is 29.2. The van der Waals surface area contributed by atoms with Crippen molar-refractivity contribution in [3.8, 4) is 22.8 Å². The van der Waals surface area contributed by atoms with Crippen LogP contribution in [0.15, 0.2) is 59.0 Å². The van der Waals surface area contributed by atoms with Crippen molar-refractivity contribution in [3.63, 3.8) is 0 Å². The van der Waals surface area contributed by atoms with Crippen LogP contribution in [0.2, 0.25) is 0 Å². The second-order valence-corrected chi connectivity index (χ2v) is 9.63. The molecule has 3 aromatic rings. The van der Waals surface area contributed by atoms with Crippen LogP contribution in [-0.4, -0.2) is 32.2 Å². The third kappa shape index (κ3) is 8.61. The van der Waals surface area contributed by atoms with Gasteiger partial charge in [0.1, 0.15) is 22.8 Å². The normalized spacial score (nSPS) is 11.5. The minimum Gasteiger partial charge on any atom is -0.496 e. The van der Waals surface area contributed by atoms with Crippen molar-refractivity contribution in [2.75, 3.05) is 20.3 Å². The summed E-state index contributed by atoms with van der Waals surface area (Å²) < 4.78 is 50.6. The molecule has 0 aliphatic heterocycles. The van der Waals surface area contributed by atoms with Crippen LogP contribution in [0.5, 0.6) is 11.5 Å². The molecule has 0 aliphatic rings. The van der Waals surface area contributed by atoms with Crippen LogP contribution in [0, 0.1) is 0 Å². The summed E-state index contributed by atoms with van der Waals surface area (Å²) in [5.41, 5.74) is 3.02. The summed E-state index contributed by atoms with van der Waals surface area (Å²) in [5, 5.41) is 0.917. The number of hydrogen-bond donors (Lipinski definition) is 0. The fraction of sp³-hybridized carbons (Fsp3) is 0.452. The highest BCUT2D eigenvalue weighted by molar-refractivity contribution is 5.87. The monoisotopic (exact) mass is 528 g/mol. The molecule has 0 spiro atoms. The fourth-order valence-electron chi connectivity index (χ4n) is 4.17. The zero-order valence-electron chi connectivity index (χ0n) is 22.6. The number of methoxy groups -OCH3 is 1. The second kappa shape index (κ2) is 14.0. The van der Waals surface area contributed by atoms with Crippen LogP contribution in [0.3, 0.4) is 0 Å². The highest BCUT2D eigenvalue weighted by Crippen LogP contribution is 2.36. The molecule has 0 aliphatic carbocycles. The summed E-state index contributed by atoms with van der Waals surface area (Å²) in [6, 6.07) is 13.6. The van der Waals surface area contributed by atoms with E-state index in [1.165, 1.54) is 25.3 Å². The predicted molar refractivity (Wildman–Crippen MR) is 146 cm³/mol. The summed E-state index contributed by atoms with van der Waals surface area (Å²) >= 11 is 0. The standard InChI is InChI=1S/C31H38F2O5/c1-5-6-7-10-23-11-14-26(28(19-23)35-4)29-20-24-12-13-25(21-27(24)38-29)36-17-8-15-31(32,33)16-9-18-37-30(34)22(2)3/h11-14,19-21H,2,5-10,15-18H2,1,3-4H3. The minimum absolute atomic E-state index is 0.0437. The van der Waals surface area contributed by atoms with E-state index < -0.39 is 11.9 Å². The third-order valence-electron chi connectivity index (χ3n) is 6.32. The van der Waals surface area contributed by atoms with Gasteiger partial charge >= 0.3 is 5.97 Å². The molecule has 2 aromatic carbocycles. The summed E-state index contributed by atoms with van der Waals surface area (Å²) in [4.78, 5) is 11.3. The van der Waals surface area contributed by atoms with Crippen LogP contribution in [0.4, 0.5) is 8.78 Å². The first-order valence-electron chi connectivity index (χ1n) is 13.3. The second-order valence-electron chi connectivity index (χ2n) is 9.63. The molecule has 0 unspecified atom stereocenters. The highest BCUT2D eigenvalue weighted by atomic mass is 19.3. The van der Waals surface area contributed by atoms with E-state index in [1.54, 1.807) is 13.2 Å². The lowest BCUT2D eigenvalue weighted by Gasteiger charge is -2.16. The molecular formula is C31H38F2O5. The van der Waals surface area contributed by atoms with E-state index in [9.17, 15) is 13.6 Å². The van der Waals surface area contributed by atoms with Crippen molar-refractivity contribution in [2.24, 2.45) is 0 Å². The fourth-order valence-corrected chi connectivity index (χ4v) is 4.17. The molecule has 0 saturated heterocycles. The van der Waals surface area contributed by atoms with Gasteiger partial charge in [-0.25, -0.2) is 13.6 Å². The number of aryl methyl sites for hydroxylation is 1. The average Bonchev–Trinajstić information content (AvgIpc) is 3.32. The van der Waals surface area contributed by atoms with Crippen molar-refractivity contribution in [1.29, 1.82) is 0 Å². The SMILES string of the molecule is C=C(C)C(=O)OCCCC(F)(F)CCCOc1ccc2cc(-c3ccc(CCCCC)cc3OC)oc2c1. The van der Waals surface area contributed by atoms with E-state index in [-0.39, 0.29) is 44.5 Å². The van der Waals surface area contributed by atoms with Crippen molar-refractivity contribution in [2.45, 2.75) is 71.1 Å². The number of benzene rings is 2. The lowest BCUT2D eigenvalue weighted by molar-refractivity contribution is -0.139. The molecule has 0 saturated carbocycles. The number of ether oxygens (including phenoxy) is 3. The number of carbonyl (C=O) groups excluding carboxylic acids is 1. The van der Waals surface area contributed by atoms with Gasteiger partial charge in [-0.05, 0) is 68.5 Å². The summed E-state index contributed by atoms with van der Waals surface area (Å²) in [5.74, 6) is -1.38. The smallest absolute Gasteiger partial charge is 0.333 e. The average molecular weight is 529 g/mol. The summed E-state index contributed by atoms with van der Waals surface area (Å²) in [6.45, 7) is 7.29. The number of hydrogen-bond acceptors (Lipinski definition) is 5. The molecule has 1 heterocycles. The highest BCUT2D eigenvalue weighted by Gasteiger charge is 2.27. The zero-order chi connectivity index (χ0) is 27.5. The van der Waals surface area contributed by atoms with Crippen molar-refractivity contribution >= 4 is 16.9 Å². The van der Waals surface area contributed by atoms with E-state index in [2.05, 4.69) is 25.6 Å². The first-order chi connectivity index (χ1) is 18.2. The number of rotatable bonds is 16. The third-order valence-corrected chi connectivity index (χ3v) is 6.32. The maximum atomic E-state index is 14.1. The number of esters is 1. The van der Waals surface area contributed by atoms with Crippen molar-refractivity contribution < 1.29 is 32.2 Å². The number of carbonyl (C=O) groups is 1. The van der Waals surface area contributed by atoms with Gasteiger partial charge in [0, 0.05) is 29.9 Å². The summed E-state index contributed by atoms with van der Waals surface area (Å²) in [6.07, 6.45) is 4.19. The molecule has 1 aromatic heterocycles. The Bertz CT molecular complexity index is 1210. The molecule has 0 radical (unpaired) electrons. The molecule has 7 heteroatoms. The molecule has 0 atom stereocenters. The van der Waals surface area contributed by atoms with Crippen molar-refractivity contribution in [3.05, 3.63) is 60.2 Å². The van der Waals surface area contributed by atoms with Crippen LogP contribution in [0.25, 0.3) is 22.3 Å². The Morgan fingerprint density at radius 1 is 1.00 bits per heavy atom. The molecule has 5 nitrogen and oxygen atoms in total.